The molecule has 1 saturated heterocycles. The fourth-order valence-corrected chi connectivity index (χ4v) is 3.93. The van der Waals surface area contributed by atoms with E-state index >= 15 is 0 Å². The summed E-state index contributed by atoms with van der Waals surface area (Å²) in [6.07, 6.45) is 2.01. The third kappa shape index (κ3) is 3.59. The molecule has 0 atom stereocenters. The van der Waals surface area contributed by atoms with Crippen molar-refractivity contribution < 1.29 is 14.7 Å². The van der Waals surface area contributed by atoms with E-state index in [0.29, 0.717) is 19.5 Å². The molecule has 5 nitrogen and oxygen atoms in total. The predicted octanol–water partition coefficient (Wildman–Crippen LogP) is 2.79. The number of hydrogen-bond donors (Lipinski definition) is 1. The fourth-order valence-electron chi connectivity index (χ4n) is 2.98. The molecule has 0 saturated carbocycles. The zero-order valence-corrected chi connectivity index (χ0v) is 13.5. The molecular weight excluding hydrogens is 312 g/mol. The van der Waals surface area contributed by atoms with Crippen molar-refractivity contribution in [2.24, 2.45) is 0 Å². The molecule has 0 spiro atoms. The van der Waals surface area contributed by atoms with Crippen LogP contribution in [0.1, 0.15) is 39.7 Å². The van der Waals surface area contributed by atoms with Crippen LogP contribution in [0.4, 0.5) is 0 Å². The van der Waals surface area contributed by atoms with E-state index < -0.39 is 5.97 Å². The number of carbonyl (C=O) groups is 2. The predicted molar refractivity (Wildman–Crippen MR) is 87.8 cm³/mol. The summed E-state index contributed by atoms with van der Waals surface area (Å²) in [6, 6.07) is 9.73. The van der Waals surface area contributed by atoms with Gasteiger partial charge in [0.05, 0.1) is 11.9 Å². The van der Waals surface area contributed by atoms with Crippen LogP contribution >= 0.6 is 11.3 Å². The van der Waals surface area contributed by atoms with Gasteiger partial charge in [-0.1, -0.05) is 30.3 Å². The molecule has 1 aliphatic rings. The van der Waals surface area contributed by atoms with E-state index in [2.05, 4.69) is 4.98 Å². The van der Waals surface area contributed by atoms with Crippen LogP contribution in [-0.2, 0) is 11.2 Å². The second-order valence-corrected chi connectivity index (χ2v) is 6.57. The second-order valence-electron chi connectivity index (χ2n) is 5.69. The quantitative estimate of drug-likeness (QED) is 0.936. The average molecular weight is 330 g/mol. The average Bonchev–Trinajstić information content (AvgIpc) is 3.06. The van der Waals surface area contributed by atoms with Crippen molar-refractivity contribution in [2.45, 2.75) is 25.2 Å². The maximum absolute atomic E-state index is 12.4. The van der Waals surface area contributed by atoms with Gasteiger partial charge in [-0.05, 0) is 24.3 Å². The highest BCUT2D eigenvalue weighted by Gasteiger charge is 2.28. The number of carbonyl (C=O) groups excluding carboxylic acids is 1. The molecule has 23 heavy (non-hydrogen) atoms. The molecule has 6 heteroatoms. The monoisotopic (exact) mass is 330 g/mol. The maximum atomic E-state index is 12.4. The van der Waals surface area contributed by atoms with Gasteiger partial charge in [-0.25, -0.2) is 9.78 Å². The Kier molecular flexibility index (Phi) is 4.71. The van der Waals surface area contributed by atoms with Crippen LogP contribution in [0, 0.1) is 0 Å². The van der Waals surface area contributed by atoms with Gasteiger partial charge in [0, 0.05) is 18.0 Å². The number of aromatic carboxylic acids is 1. The molecule has 1 aromatic heterocycles. The largest absolute Gasteiger partial charge is 0.476 e. The fraction of sp³-hybridized carbons (Fsp3) is 0.353. The van der Waals surface area contributed by atoms with Gasteiger partial charge in [-0.15, -0.1) is 11.3 Å². The molecule has 1 fully saturated rings. The molecule has 1 N–H and O–H groups in total. The lowest BCUT2D eigenvalue weighted by molar-refractivity contribution is -0.131. The minimum atomic E-state index is -0.969. The Hall–Kier alpha value is -2.21. The minimum Gasteiger partial charge on any atom is -0.476 e. The Balaban J connectivity index is 1.59. The van der Waals surface area contributed by atoms with Crippen LogP contribution in [0.3, 0.4) is 0 Å². The molecule has 0 unspecified atom stereocenters. The number of benzene rings is 1. The first-order valence-electron chi connectivity index (χ1n) is 7.63. The number of thiazole rings is 1. The van der Waals surface area contributed by atoms with Crippen molar-refractivity contribution in [3.63, 3.8) is 0 Å². The van der Waals surface area contributed by atoms with Crippen LogP contribution in [0.2, 0.25) is 0 Å². The molecule has 2 heterocycles. The number of hydrogen-bond acceptors (Lipinski definition) is 4. The van der Waals surface area contributed by atoms with Gasteiger partial charge in [0.15, 0.2) is 5.69 Å². The number of rotatable bonds is 4. The Morgan fingerprint density at radius 2 is 1.91 bits per heavy atom. The highest BCUT2D eigenvalue weighted by atomic mass is 32.1. The third-order valence-corrected chi connectivity index (χ3v) is 5.21. The van der Waals surface area contributed by atoms with Crippen molar-refractivity contribution in [3.8, 4) is 0 Å². The molecule has 3 rings (SSSR count). The number of aromatic nitrogens is 1. The van der Waals surface area contributed by atoms with Crippen LogP contribution in [0.25, 0.3) is 0 Å². The van der Waals surface area contributed by atoms with Crippen molar-refractivity contribution in [1.82, 2.24) is 9.88 Å². The highest BCUT2D eigenvalue weighted by molar-refractivity contribution is 7.10. The van der Waals surface area contributed by atoms with Gasteiger partial charge in [-0.2, -0.15) is 0 Å². The first-order valence-corrected chi connectivity index (χ1v) is 8.51. The zero-order valence-electron chi connectivity index (χ0n) is 12.6. The van der Waals surface area contributed by atoms with Gasteiger partial charge in [0.2, 0.25) is 5.91 Å². The number of carboxylic acids is 1. The standard InChI is InChI=1S/C17H18N2O3S/c20-14(10-12-4-2-1-3-5-12)19-8-6-13(7-9-19)16-15(17(21)22)18-11-23-16/h1-5,11,13H,6-10H2,(H,21,22). The lowest BCUT2D eigenvalue weighted by atomic mass is 9.93. The third-order valence-electron chi connectivity index (χ3n) is 4.21. The summed E-state index contributed by atoms with van der Waals surface area (Å²) in [6.45, 7) is 1.35. The zero-order chi connectivity index (χ0) is 16.2. The Morgan fingerprint density at radius 3 is 2.57 bits per heavy atom. The lowest BCUT2D eigenvalue weighted by Crippen LogP contribution is -2.38. The highest BCUT2D eigenvalue weighted by Crippen LogP contribution is 2.33. The van der Waals surface area contributed by atoms with Gasteiger partial charge >= 0.3 is 5.97 Å². The van der Waals surface area contributed by atoms with E-state index in [1.54, 1.807) is 5.51 Å². The smallest absolute Gasteiger partial charge is 0.355 e. The molecule has 0 radical (unpaired) electrons. The molecule has 120 valence electrons. The van der Waals surface area contributed by atoms with E-state index in [9.17, 15) is 9.59 Å². The number of likely N-dealkylation sites (tertiary alicyclic amines) is 1. The van der Waals surface area contributed by atoms with Gasteiger partial charge in [0.1, 0.15) is 0 Å². The van der Waals surface area contributed by atoms with Crippen LogP contribution < -0.4 is 0 Å². The summed E-state index contributed by atoms with van der Waals surface area (Å²) >= 11 is 1.40. The van der Waals surface area contributed by atoms with Gasteiger partial charge < -0.3 is 10.0 Å². The Morgan fingerprint density at radius 1 is 1.22 bits per heavy atom. The summed E-state index contributed by atoms with van der Waals surface area (Å²) in [5.41, 5.74) is 2.78. The second kappa shape index (κ2) is 6.91. The summed E-state index contributed by atoms with van der Waals surface area (Å²) in [7, 11) is 0. The molecule has 0 aliphatic carbocycles. The Labute approximate surface area is 138 Å². The molecule has 1 aliphatic heterocycles. The molecule has 2 aromatic rings. The van der Waals surface area contributed by atoms with Crippen LogP contribution in [0.5, 0.6) is 0 Å². The number of amides is 1. The SMILES string of the molecule is O=C(O)c1ncsc1C1CCN(C(=O)Cc2ccccc2)CC1. The van der Waals surface area contributed by atoms with E-state index in [1.807, 2.05) is 35.2 Å². The van der Waals surface area contributed by atoms with Crippen molar-refractivity contribution >= 4 is 23.2 Å². The molecule has 0 bridgehead atoms. The maximum Gasteiger partial charge on any atom is 0.355 e. The van der Waals surface area contributed by atoms with E-state index in [1.165, 1.54) is 11.3 Å². The van der Waals surface area contributed by atoms with E-state index in [0.717, 1.165) is 23.3 Å². The summed E-state index contributed by atoms with van der Waals surface area (Å²) in [4.78, 5) is 30.2. The molecule has 1 amide bonds. The van der Waals surface area contributed by atoms with E-state index in [-0.39, 0.29) is 17.5 Å². The minimum absolute atomic E-state index is 0.136. The number of piperidine rings is 1. The molecule has 1 aromatic carbocycles. The van der Waals surface area contributed by atoms with Gasteiger partial charge in [-0.3, -0.25) is 4.79 Å². The summed E-state index contributed by atoms with van der Waals surface area (Å²) in [5.74, 6) is -0.643. The first-order chi connectivity index (χ1) is 11.1. The Bertz CT molecular complexity index is 691. The lowest BCUT2D eigenvalue weighted by Gasteiger charge is -2.31. The summed E-state index contributed by atoms with van der Waals surface area (Å²) < 4.78 is 0. The molecular formula is C17H18N2O3S. The van der Waals surface area contributed by atoms with Crippen LogP contribution in [-0.4, -0.2) is 40.0 Å². The first kappa shape index (κ1) is 15.7. The van der Waals surface area contributed by atoms with E-state index in [4.69, 9.17) is 5.11 Å². The topological polar surface area (TPSA) is 70.5 Å². The van der Waals surface area contributed by atoms with Crippen LogP contribution in [0.15, 0.2) is 35.8 Å². The van der Waals surface area contributed by atoms with Crippen molar-refractivity contribution in [1.29, 1.82) is 0 Å². The summed E-state index contributed by atoms with van der Waals surface area (Å²) in [5, 5.41) is 9.17. The van der Waals surface area contributed by atoms with Crippen molar-refractivity contribution in [3.05, 3.63) is 52.0 Å². The van der Waals surface area contributed by atoms with Gasteiger partial charge in [0.25, 0.3) is 0 Å². The normalized spacial score (nSPS) is 15.6. The van der Waals surface area contributed by atoms with Crippen molar-refractivity contribution in [2.75, 3.05) is 13.1 Å². The number of nitrogens with zero attached hydrogens (tertiary/aromatic N) is 2. The number of carboxylic acid groups (broad SMARTS) is 1.